The third-order valence-corrected chi connectivity index (χ3v) is 5.61. The Morgan fingerprint density at radius 1 is 1.14 bits per heavy atom. The standard InChI is InChI=1S/C16H14Br2FNO/c1-20-14-8-16(9-2-4-12(17)13(18)6-9)21-15-5-3-10(19)7-11(14)15/h2-7,14,16,20H,8H2,1H3. The first-order chi connectivity index (χ1) is 10.1. The van der Waals surface area contributed by atoms with Crippen LogP contribution in [-0.4, -0.2) is 7.05 Å². The molecule has 0 fully saturated rings. The highest BCUT2D eigenvalue weighted by Crippen LogP contribution is 2.41. The van der Waals surface area contributed by atoms with Crippen molar-refractivity contribution in [1.82, 2.24) is 5.32 Å². The van der Waals surface area contributed by atoms with Gasteiger partial charge in [0.15, 0.2) is 0 Å². The van der Waals surface area contributed by atoms with E-state index in [1.54, 1.807) is 12.1 Å². The minimum absolute atomic E-state index is 0.0511. The van der Waals surface area contributed by atoms with Gasteiger partial charge in [-0.1, -0.05) is 6.07 Å². The van der Waals surface area contributed by atoms with Crippen LogP contribution in [0.15, 0.2) is 45.3 Å². The van der Waals surface area contributed by atoms with Crippen molar-refractivity contribution >= 4 is 31.9 Å². The number of rotatable bonds is 2. The van der Waals surface area contributed by atoms with Gasteiger partial charge in [0.1, 0.15) is 17.7 Å². The first-order valence-electron chi connectivity index (χ1n) is 6.67. The summed E-state index contributed by atoms with van der Waals surface area (Å²) in [5, 5.41) is 3.25. The largest absolute Gasteiger partial charge is 0.485 e. The molecule has 2 aromatic carbocycles. The molecule has 0 saturated heterocycles. The molecule has 1 aliphatic heterocycles. The van der Waals surface area contributed by atoms with Gasteiger partial charge in [0, 0.05) is 27.0 Å². The third kappa shape index (κ3) is 3.00. The minimum atomic E-state index is -0.234. The van der Waals surface area contributed by atoms with Crippen LogP contribution >= 0.6 is 31.9 Å². The van der Waals surface area contributed by atoms with Crippen LogP contribution in [0.3, 0.4) is 0 Å². The summed E-state index contributed by atoms with van der Waals surface area (Å²) in [7, 11) is 1.89. The molecule has 2 unspecified atom stereocenters. The molecule has 5 heteroatoms. The summed E-state index contributed by atoms with van der Waals surface area (Å²) in [6.07, 6.45) is 0.714. The lowest BCUT2D eigenvalue weighted by Gasteiger charge is -2.32. The van der Waals surface area contributed by atoms with E-state index in [0.717, 1.165) is 32.2 Å². The van der Waals surface area contributed by atoms with Crippen LogP contribution in [0, 0.1) is 5.82 Å². The molecule has 0 bridgehead atoms. The van der Waals surface area contributed by atoms with Crippen molar-refractivity contribution < 1.29 is 9.13 Å². The first kappa shape index (κ1) is 15.0. The van der Waals surface area contributed by atoms with Gasteiger partial charge in [-0.3, -0.25) is 0 Å². The summed E-state index contributed by atoms with van der Waals surface area (Å²) in [5.41, 5.74) is 1.98. The van der Waals surface area contributed by atoms with E-state index >= 15 is 0 Å². The van der Waals surface area contributed by atoms with E-state index in [-0.39, 0.29) is 18.0 Å². The quantitative estimate of drug-likeness (QED) is 0.734. The van der Waals surface area contributed by atoms with Gasteiger partial charge >= 0.3 is 0 Å². The highest BCUT2D eigenvalue weighted by molar-refractivity contribution is 9.13. The molecule has 1 aliphatic rings. The zero-order chi connectivity index (χ0) is 15.0. The summed E-state index contributed by atoms with van der Waals surface area (Å²) in [6.45, 7) is 0. The molecule has 0 aliphatic carbocycles. The number of benzene rings is 2. The monoisotopic (exact) mass is 413 g/mol. The van der Waals surface area contributed by atoms with Gasteiger partial charge in [-0.25, -0.2) is 4.39 Å². The number of hydrogen-bond donors (Lipinski definition) is 1. The number of ether oxygens (including phenoxy) is 1. The molecule has 0 aromatic heterocycles. The van der Waals surface area contributed by atoms with Gasteiger partial charge in [0.2, 0.25) is 0 Å². The fraction of sp³-hybridized carbons (Fsp3) is 0.250. The van der Waals surface area contributed by atoms with Crippen molar-refractivity contribution in [3.05, 3.63) is 62.3 Å². The Balaban J connectivity index is 1.96. The maximum absolute atomic E-state index is 13.4. The fourth-order valence-corrected chi connectivity index (χ4v) is 3.27. The topological polar surface area (TPSA) is 21.3 Å². The van der Waals surface area contributed by atoms with E-state index in [1.807, 2.05) is 19.2 Å². The SMILES string of the molecule is CNC1CC(c2ccc(Br)c(Br)c2)Oc2ccc(F)cc21. The molecule has 2 atom stereocenters. The summed E-state index contributed by atoms with van der Waals surface area (Å²) in [5.74, 6) is 0.508. The predicted octanol–water partition coefficient (Wildman–Crippen LogP) is 5.14. The van der Waals surface area contributed by atoms with E-state index in [1.165, 1.54) is 6.07 Å². The highest BCUT2D eigenvalue weighted by Gasteiger charge is 2.29. The third-order valence-electron chi connectivity index (χ3n) is 3.73. The van der Waals surface area contributed by atoms with Gasteiger partial charge < -0.3 is 10.1 Å². The molecular formula is C16H14Br2FNO. The number of nitrogens with one attached hydrogen (secondary N) is 1. The lowest BCUT2D eigenvalue weighted by molar-refractivity contribution is 0.153. The van der Waals surface area contributed by atoms with Crippen molar-refractivity contribution in [1.29, 1.82) is 0 Å². The van der Waals surface area contributed by atoms with E-state index < -0.39 is 0 Å². The molecule has 1 N–H and O–H groups in total. The molecule has 0 radical (unpaired) electrons. The molecule has 0 spiro atoms. The Morgan fingerprint density at radius 2 is 1.95 bits per heavy atom. The van der Waals surface area contributed by atoms with E-state index in [9.17, 15) is 4.39 Å². The Labute approximate surface area is 140 Å². The van der Waals surface area contributed by atoms with Crippen LogP contribution in [0.2, 0.25) is 0 Å². The maximum Gasteiger partial charge on any atom is 0.126 e. The molecule has 110 valence electrons. The van der Waals surface area contributed by atoms with Crippen molar-refractivity contribution in [2.45, 2.75) is 18.6 Å². The highest BCUT2D eigenvalue weighted by atomic mass is 79.9. The van der Waals surface area contributed by atoms with Crippen LogP contribution in [0.1, 0.15) is 29.7 Å². The number of fused-ring (bicyclic) bond motifs is 1. The van der Waals surface area contributed by atoms with Crippen LogP contribution in [0.25, 0.3) is 0 Å². The molecule has 21 heavy (non-hydrogen) atoms. The Morgan fingerprint density at radius 3 is 2.67 bits per heavy atom. The van der Waals surface area contributed by atoms with Crippen LogP contribution in [0.5, 0.6) is 5.75 Å². The Bertz CT molecular complexity index is 677. The predicted molar refractivity (Wildman–Crippen MR) is 88.0 cm³/mol. The molecule has 0 saturated carbocycles. The van der Waals surface area contributed by atoms with Gasteiger partial charge in [-0.2, -0.15) is 0 Å². The van der Waals surface area contributed by atoms with Crippen LogP contribution < -0.4 is 10.1 Å². The minimum Gasteiger partial charge on any atom is -0.485 e. The smallest absolute Gasteiger partial charge is 0.126 e. The van der Waals surface area contributed by atoms with Gasteiger partial charge in [-0.15, -0.1) is 0 Å². The molecular weight excluding hydrogens is 401 g/mol. The normalized spacial score (nSPS) is 20.8. The van der Waals surface area contributed by atoms with Crippen LogP contribution in [0.4, 0.5) is 4.39 Å². The average molecular weight is 415 g/mol. The molecule has 2 aromatic rings. The lowest BCUT2D eigenvalue weighted by atomic mass is 9.93. The molecule has 2 nitrogen and oxygen atoms in total. The molecule has 1 heterocycles. The average Bonchev–Trinajstić information content (AvgIpc) is 2.49. The van der Waals surface area contributed by atoms with E-state index in [2.05, 4.69) is 43.2 Å². The Hall–Kier alpha value is -0.910. The number of halogens is 3. The summed E-state index contributed by atoms with van der Waals surface area (Å²) in [4.78, 5) is 0. The summed E-state index contributed by atoms with van der Waals surface area (Å²) < 4.78 is 21.5. The number of hydrogen-bond acceptors (Lipinski definition) is 2. The second-order valence-corrected chi connectivity index (χ2v) is 6.75. The fourth-order valence-electron chi connectivity index (χ4n) is 2.63. The second-order valence-electron chi connectivity index (χ2n) is 5.04. The van der Waals surface area contributed by atoms with Crippen molar-refractivity contribution in [2.75, 3.05) is 7.05 Å². The second kappa shape index (κ2) is 6.07. The first-order valence-corrected chi connectivity index (χ1v) is 8.25. The zero-order valence-corrected chi connectivity index (χ0v) is 14.5. The van der Waals surface area contributed by atoms with Gasteiger partial charge in [-0.05, 0) is 74.8 Å². The van der Waals surface area contributed by atoms with E-state index in [0.29, 0.717) is 0 Å². The van der Waals surface area contributed by atoms with Crippen molar-refractivity contribution in [2.24, 2.45) is 0 Å². The Kier molecular flexibility index (Phi) is 4.33. The van der Waals surface area contributed by atoms with Gasteiger partial charge in [0.25, 0.3) is 0 Å². The summed E-state index contributed by atoms with van der Waals surface area (Å²) >= 11 is 6.99. The maximum atomic E-state index is 13.4. The van der Waals surface area contributed by atoms with Crippen molar-refractivity contribution in [3.8, 4) is 5.75 Å². The lowest BCUT2D eigenvalue weighted by Crippen LogP contribution is -2.26. The van der Waals surface area contributed by atoms with Crippen LogP contribution in [-0.2, 0) is 0 Å². The zero-order valence-electron chi connectivity index (χ0n) is 11.4. The summed E-state index contributed by atoms with van der Waals surface area (Å²) in [6, 6.07) is 10.9. The van der Waals surface area contributed by atoms with E-state index in [4.69, 9.17) is 4.74 Å². The molecule has 0 amide bonds. The van der Waals surface area contributed by atoms with Gasteiger partial charge in [0.05, 0.1) is 0 Å². The molecule has 3 rings (SSSR count). The van der Waals surface area contributed by atoms with Crippen molar-refractivity contribution in [3.63, 3.8) is 0 Å².